The third kappa shape index (κ3) is 5.72. The quantitative estimate of drug-likeness (QED) is 0.512. The van der Waals surface area contributed by atoms with Gasteiger partial charge in [-0.05, 0) is 30.2 Å². The molecule has 146 valence electrons. The normalized spacial score (nSPS) is 12.9. The van der Waals surface area contributed by atoms with E-state index in [9.17, 15) is 9.59 Å². The number of hydrogen-bond donors (Lipinski definition) is 1. The molecule has 0 aliphatic rings. The average molecular weight is 393 g/mol. The minimum Gasteiger partial charge on any atom is -0.497 e. The van der Waals surface area contributed by atoms with Gasteiger partial charge in [0.25, 0.3) is 5.22 Å². The first kappa shape index (κ1) is 20.8. The fourth-order valence-corrected chi connectivity index (χ4v) is 2.83. The van der Waals surface area contributed by atoms with Crippen LogP contribution in [0.5, 0.6) is 5.75 Å². The monoisotopic (exact) mass is 393 g/mol. The zero-order chi connectivity index (χ0) is 19.8. The second kappa shape index (κ2) is 9.96. The molecule has 1 amide bonds. The number of carbonyl (C=O) groups is 2. The second-order valence-electron chi connectivity index (χ2n) is 5.84. The number of nitrogens with one attached hydrogen (secondary N) is 1. The topological polar surface area (TPSA) is 104 Å². The van der Waals surface area contributed by atoms with Crippen molar-refractivity contribution in [1.29, 1.82) is 0 Å². The predicted octanol–water partition coefficient (Wildman–Crippen LogP) is 2.54. The Morgan fingerprint density at radius 3 is 2.52 bits per heavy atom. The van der Waals surface area contributed by atoms with Crippen LogP contribution in [0.1, 0.15) is 20.3 Å². The van der Waals surface area contributed by atoms with Crippen molar-refractivity contribution in [2.45, 2.75) is 31.5 Å². The van der Waals surface area contributed by atoms with Crippen LogP contribution in [-0.2, 0) is 14.3 Å². The number of methoxy groups -OCH3 is 2. The van der Waals surface area contributed by atoms with Gasteiger partial charge in [0.05, 0.1) is 20.0 Å². The molecule has 8 nitrogen and oxygen atoms in total. The van der Waals surface area contributed by atoms with Crippen LogP contribution < -0.4 is 10.1 Å². The molecule has 2 unspecified atom stereocenters. The molecule has 0 saturated carbocycles. The van der Waals surface area contributed by atoms with Gasteiger partial charge >= 0.3 is 5.97 Å². The van der Waals surface area contributed by atoms with E-state index in [1.165, 1.54) is 7.11 Å². The average Bonchev–Trinajstić information content (AvgIpc) is 3.18. The lowest BCUT2D eigenvalue weighted by Gasteiger charge is -2.21. The molecule has 0 aliphatic heterocycles. The maximum Gasteiger partial charge on any atom is 0.328 e. The van der Waals surface area contributed by atoms with Crippen LogP contribution in [0.25, 0.3) is 11.5 Å². The van der Waals surface area contributed by atoms with E-state index in [-0.39, 0.29) is 22.8 Å². The minimum atomic E-state index is -0.675. The van der Waals surface area contributed by atoms with Crippen molar-refractivity contribution in [2.24, 2.45) is 5.92 Å². The van der Waals surface area contributed by atoms with Crippen molar-refractivity contribution in [3.8, 4) is 17.2 Å². The highest BCUT2D eigenvalue weighted by atomic mass is 32.2. The number of ether oxygens (including phenoxy) is 2. The number of carbonyl (C=O) groups excluding carboxylic acids is 2. The van der Waals surface area contributed by atoms with E-state index in [1.54, 1.807) is 31.4 Å². The molecule has 2 rings (SSSR count). The van der Waals surface area contributed by atoms with E-state index in [1.807, 2.05) is 13.8 Å². The van der Waals surface area contributed by atoms with Gasteiger partial charge in [0, 0.05) is 5.56 Å². The predicted molar refractivity (Wildman–Crippen MR) is 100 cm³/mol. The van der Waals surface area contributed by atoms with Crippen molar-refractivity contribution in [2.75, 3.05) is 20.0 Å². The van der Waals surface area contributed by atoms with Crippen molar-refractivity contribution in [3.63, 3.8) is 0 Å². The van der Waals surface area contributed by atoms with Crippen molar-refractivity contribution in [1.82, 2.24) is 15.5 Å². The third-order valence-corrected chi connectivity index (χ3v) is 4.87. The summed E-state index contributed by atoms with van der Waals surface area (Å²) in [4.78, 5) is 24.0. The van der Waals surface area contributed by atoms with Crippen LogP contribution in [0.2, 0.25) is 0 Å². The molecule has 2 atom stereocenters. The van der Waals surface area contributed by atoms with Crippen LogP contribution in [-0.4, -0.2) is 48.1 Å². The molecule has 2 aromatic rings. The zero-order valence-electron chi connectivity index (χ0n) is 15.7. The van der Waals surface area contributed by atoms with Gasteiger partial charge in [-0.2, -0.15) is 0 Å². The van der Waals surface area contributed by atoms with Gasteiger partial charge in [0.1, 0.15) is 11.8 Å². The molecular weight excluding hydrogens is 370 g/mol. The van der Waals surface area contributed by atoms with E-state index in [0.29, 0.717) is 5.89 Å². The van der Waals surface area contributed by atoms with Gasteiger partial charge in [-0.3, -0.25) is 4.79 Å². The molecule has 0 saturated heterocycles. The van der Waals surface area contributed by atoms with E-state index in [0.717, 1.165) is 29.5 Å². The lowest BCUT2D eigenvalue weighted by Crippen LogP contribution is -2.46. The molecule has 1 aromatic heterocycles. The Labute approximate surface area is 162 Å². The maximum absolute atomic E-state index is 12.2. The van der Waals surface area contributed by atoms with Crippen LogP contribution in [0, 0.1) is 5.92 Å². The molecule has 0 fully saturated rings. The van der Waals surface area contributed by atoms with Crippen LogP contribution in [0.3, 0.4) is 0 Å². The first-order chi connectivity index (χ1) is 13.0. The molecular formula is C18H23N3O5S. The number of aromatic nitrogens is 2. The standard InChI is InChI=1S/C18H23N3O5S/c1-5-11(2)15(17(23)25-4)19-14(22)10-27-18-21-20-16(26-18)12-6-8-13(24-3)9-7-12/h6-9,11,15H,5,10H2,1-4H3,(H,19,22). The van der Waals surface area contributed by atoms with Gasteiger partial charge in [0.2, 0.25) is 11.8 Å². The summed E-state index contributed by atoms with van der Waals surface area (Å²) >= 11 is 1.10. The van der Waals surface area contributed by atoms with Crippen molar-refractivity contribution >= 4 is 23.6 Å². The Kier molecular flexibility index (Phi) is 7.66. The Balaban J connectivity index is 1.93. The lowest BCUT2D eigenvalue weighted by atomic mass is 9.99. The molecule has 1 aromatic carbocycles. The van der Waals surface area contributed by atoms with Crippen LogP contribution in [0.4, 0.5) is 0 Å². The molecule has 0 spiro atoms. The number of nitrogens with zero attached hydrogens (tertiary/aromatic N) is 2. The third-order valence-electron chi connectivity index (χ3n) is 4.05. The Morgan fingerprint density at radius 1 is 1.22 bits per heavy atom. The van der Waals surface area contributed by atoms with Gasteiger partial charge < -0.3 is 19.2 Å². The smallest absolute Gasteiger partial charge is 0.328 e. The summed E-state index contributed by atoms with van der Waals surface area (Å²) in [6.45, 7) is 3.83. The van der Waals surface area contributed by atoms with Gasteiger partial charge in [-0.15, -0.1) is 10.2 Å². The lowest BCUT2D eigenvalue weighted by molar-refractivity contribution is -0.146. The zero-order valence-corrected chi connectivity index (χ0v) is 16.5. The van der Waals surface area contributed by atoms with Gasteiger partial charge in [-0.1, -0.05) is 32.0 Å². The highest BCUT2D eigenvalue weighted by Gasteiger charge is 2.26. The van der Waals surface area contributed by atoms with Crippen LogP contribution >= 0.6 is 11.8 Å². The van der Waals surface area contributed by atoms with Crippen molar-refractivity contribution in [3.05, 3.63) is 24.3 Å². The summed E-state index contributed by atoms with van der Waals surface area (Å²) in [5.41, 5.74) is 0.752. The number of esters is 1. The first-order valence-corrected chi connectivity index (χ1v) is 9.45. The highest BCUT2D eigenvalue weighted by molar-refractivity contribution is 7.99. The number of amides is 1. The summed E-state index contributed by atoms with van der Waals surface area (Å²) in [6, 6.07) is 6.52. The molecule has 9 heteroatoms. The molecule has 1 N–H and O–H groups in total. The summed E-state index contributed by atoms with van der Waals surface area (Å²) in [7, 11) is 2.89. The van der Waals surface area contributed by atoms with E-state index in [2.05, 4.69) is 15.5 Å². The van der Waals surface area contributed by atoms with Crippen molar-refractivity contribution < 1.29 is 23.5 Å². The minimum absolute atomic E-state index is 0.0310. The molecule has 1 heterocycles. The summed E-state index contributed by atoms with van der Waals surface area (Å²) in [6.07, 6.45) is 0.738. The number of thioether (sulfide) groups is 1. The van der Waals surface area contributed by atoms with E-state index in [4.69, 9.17) is 13.9 Å². The van der Waals surface area contributed by atoms with Gasteiger partial charge in [-0.25, -0.2) is 4.79 Å². The van der Waals surface area contributed by atoms with Gasteiger partial charge in [0.15, 0.2) is 0 Å². The van der Waals surface area contributed by atoms with E-state index < -0.39 is 12.0 Å². The largest absolute Gasteiger partial charge is 0.497 e. The van der Waals surface area contributed by atoms with Crippen LogP contribution in [0.15, 0.2) is 33.9 Å². The fraction of sp³-hybridized carbons (Fsp3) is 0.444. The Hall–Kier alpha value is -2.55. The summed E-state index contributed by atoms with van der Waals surface area (Å²) < 4.78 is 15.4. The Morgan fingerprint density at radius 2 is 1.93 bits per heavy atom. The van der Waals surface area contributed by atoms with E-state index >= 15 is 0 Å². The second-order valence-corrected chi connectivity index (χ2v) is 6.77. The Bertz CT molecular complexity index is 763. The number of rotatable bonds is 9. The molecule has 0 radical (unpaired) electrons. The number of benzene rings is 1. The molecule has 0 bridgehead atoms. The summed E-state index contributed by atoms with van der Waals surface area (Å²) in [5.74, 6) is 0.339. The highest BCUT2D eigenvalue weighted by Crippen LogP contribution is 2.24. The maximum atomic E-state index is 12.2. The molecule has 0 aliphatic carbocycles. The number of hydrogen-bond acceptors (Lipinski definition) is 8. The first-order valence-electron chi connectivity index (χ1n) is 8.46. The summed E-state index contributed by atoms with van der Waals surface area (Å²) in [5, 5.41) is 10.9. The molecule has 27 heavy (non-hydrogen) atoms. The fourth-order valence-electron chi connectivity index (χ4n) is 2.26. The SMILES string of the molecule is CCC(C)C(NC(=O)CSc1nnc(-c2ccc(OC)cc2)o1)C(=O)OC.